The molecule has 0 fully saturated rings. The lowest BCUT2D eigenvalue weighted by Crippen LogP contribution is -2.05. The Morgan fingerprint density at radius 3 is 2.86 bits per heavy atom. The molecule has 0 saturated heterocycles. The summed E-state index contributed by atoms with van der Waals surface area (Å²) in [6, 6.07) is 15.0. The molecule has 2 aromatic carbocycles. The first kappa shape index (κ1) is 12.8. The Hall–Kier alpha value is -2.95. The Morgan fingerprint density at radius 2 is 1.95 bits per heavy atom. The van der Waals surface area contributed by atoms with Crippen molar-refractivity contribution in [2.24, 2.45) is 0 Å². The zero-order valence-electron chi connectivity index (χ0n) is 11.7. The quantitative estimate of drug-likeness (QED) is 0.753. The minimum atomic E-state index is -0.381. The van der Waals surface area contributed by atoms with Crippen LogP contribution in [0, 0.1) is 0 Å². The fourth-order valence-corrected chi connectivity index (χ4v) is 2.44. The largest absolute Gasteiger partial charge is 0.456 e. The van der Waals surface area contributed by atoms with Gasteiger partial charge in [0.15, 0.2) is 11.5 Å². The summed E-state index contributed by atoms with van der Waals surface area (Å²) in [6.45, 7) is 0.415. The van der Waals surface area contributed by atoms with Gasteiger partial charge >= 0.3 is 5.97 Å². The van der Waals surface area contributed by atoms with Crippen LogP contribution in [0.15, 0.2) is 48.5 Å². The third-order valence-electron chi connectivity index (χ3n) is 3.56. The lowest BCUT2D eigenvalue weighted by Gasteiger charge is -2.04. The van der Waals surface area contributed by atoms with E-state index in [-0.39, 0.29) is 19.4 Å². The Kier molecular flexibility index (Phi) is 2.96. The molecule has 1 aromatic heterocycles. The van der Waals surface area contributed by atoms with Crippen LogP contribution in [0.3, 0.4) is 0 Å². The molecule has 0 atom stereocenters. The highest BCUT2D eigenvalue weighted by atomic mass is 16.7. The molecular weight excluding hydrogens is 282 g/mol. The van der Waals surface area contributed by atoms with Gasteiger partial charge in [-0.3, -0.25) is 0 Å². The first-order chi connectivity index (χ1) is 10.8. The standard InChI is InChI=1S/C17H13NO4/c19-17(14-8-12-3-1-2-4-13(12)18-14)20-9-11-5-6-15-16(7-11)22-10-21-15/h1-8,18H,9-10H2. The van der Waals surface area contributed by atoms with Crippen LogP contribution in [0.5, 0.6) is 11.5 Å². The molecule has 0 radical (unpaired) electrons. The lowest BCUT2D eigenvalue weighted by atomic mass is 10.2. The van der Waals surface area contributed by atoms with E-state index in [1.54, 1.807) is 6.07 Å². The number of nitrogens with one attached hydrogen (secondary N) is 1. The fourth-order valence-electron chi connectivity index (χ4n) is 2.44. The second kappa shape index (κ2) is 5.11. The molecule has 0 unspecified atom stereocenters. The van der Waals surface area contributed by atoms with Gasteiger partial charge in [-0.05, 0) is 29.8 Å². The molecule has 110 valence electrons. The monoisotopic (exact) mass is 295 g/mol. The van der Waals surface area contributed by atoms with Crippen molar-refractivity contribution >= 4 is 16.9 Å². The molecule has 0 bridgehead atoms. The van der Waals surface area contributed by atoms with E-state index in [4.69, 9.17) is 14.2 Å². The molecule has 1 aliphatic rings. The summed E-state index contributed by atoms with van der Waals surface area (Å²) in [5.74, 6) is 1.01. The van der Waals surface area contributed by atoms with Crippen molar-refractivity contribution in [3.63, 3.8) is 0 Å². The number of aromatic amines is 1. The van der Waals surface area contributed by atoms with Crippen LogP contribution in [0.2, 0.25) is 0 Å². The van der Waals surface area contributed by atoms with Gasteiger partial charge < -0.3 is 19.2 Å². The Labute approximate surface area is 126 Å². The van der Waals surface area contributed by atoms with E-state index >= 15 is 0 Å². The maximum Gasteiger partial charge on any atom is 0.355 e. The molecule has 5 heteroatoms. The summed E-state index contributed by atoms with van der Waals surface area (Å²) in [5.41, 5.74) is 2.22. The topological polar surface area (TPSA) is 60.6 Å². The van der Waals surface area contributed by atoms with Gasteiger partial charge in [-0.2, -0.15) is 0 Å². The Morgan fingerprint density at radius 1 is 1.09 bits per heavy atom. The van der Waals surface area contributed by atoms with E-state index in [1.165, 1.54) is 0 Å². The summed E-state index contributed by atoms with van der Waals surface area (Å²) in [6.07, 6.45) is 0. The number of hydrogen-bond donors (Lipinski definition) is 1. The molecule has 5 nitrogen and oxygen atoms in total. The molecule has 0 saturated carbocycles. The molecule has 1 aliphatic heterocycles. The van der Waals surface area contributed by atoms with Crippen molar-refractivity contribution in [3.05, 3.63) is 59.8 Å². The average molecular weight is 295 g/mol. The fraction of sp³-hybridized carbons (Fsp3) is 0.118. The van der Waals surface area contributed by atoms with Crippen molar-refractivity contribution in [2.75, 3.05) is 6.79 Å². The summed E-state index contributed by atoms with van der Waals surface area (Å²) in [4.78, 5) is 15.2. The number of H-pyrrole nitrogens is 1. The first-order valence-electron chi connectivity index (χ1n) is 6.93. The minimum Gasteiger partial charge on any atom is -0.456 e. The summed E-state index contributed by atoms with van der Waals surface area (Å²) in [7, 11) is 0. The van der Waals surface area contributed by atoms with Crippen LogP contribution in [0.4, 0.5) is 0 Å². The van der Waals surface area contributed by atoms with Gasteiger partial charge in [-0.15, -0.1) is 0 Å². The first-order valence-corrected chi connectivity index (χ1v) is 6.93. The zero-order valence-corrected chi connectivity index (χ0v) is 11.7. The summed E-state index contributed by atoms with van der Waals surface area (Å²) < 4.78 is 15.9. The third-order valence-corrected chi connectivity index (χ3v) is 3.56. The van der Waals surface area contributed by atoms with Crippen molar-refractivity contribution in [2.45, 2.75) is 6.61 Å². The molecule has 4 rings (SSSR count). The summed E-state index contributed by atoms with van der Waals surface area (Å²) in [5, 5.41) is 0.984. The highest BCUT2D eigenvalue weighted by molar-refractivity contribution is 5.94. The van der Waals surface area contributed by atoms with E-state index in [1.807, 2.05) is 42.5 Å². The van der Waals surface area contributed by atoms with Crippen LogP contribution in [-0.4, -0.2) is 17.7 Å². The zero-order chi connectivity index (χ0) is 14.9. The van der Waals surface area contributed by atoms with E-state index in [0.717, 1.165) is 16.5 Å². The second-order valence-corrected chi connectivity index (χ2v) is 5.03. The minimum absolute atomic E-state index is 0.185. The van der Waals surface area contributed by atoms with Crippen molar-refractivity contribution < 1.29 is 19.0 Å². The molecule has 0 amide bonds. The van der Waals surface area contributed by atoms with Gasteiger partial charge in [0, 0.05) is 10.9 Å². The Bertz CT molecular complexity index is 820. The number of carbonyl (C=O) groups excluding carboxylic acids is 1. The van der Waals surface area contributed by atoms with Crippen LogP contribution in [0.1, 0.15) is 16.1 Å². The van der Waals surface area contributed by atoms with E-state index in [0.29, 0.717) is 17.2 Å². The van der Waals surface area contributed by atoms with Gasteiger partial charge in [-0.25, -0.2) is 4.79 Å². The number of esters is 1. The Balaban J connectivity index is 1.48. The number of rotatable bonds is 3. The van der Waals surface area contributed by atoms with Crippen LogP contribution in [-0.2, 0) is 11.3 Å². The predicted molar refractivity (Wildman–Crippen MR) is 80.0 cm³/mol. The van der Waals surface area contributed by atoms with Gasteiger partial charge in [0.1, 0.15) is 12.3 Å². The molecule has 22 heavy (non-hydrogen) atoms. The second-order valence-electron chi connectivity index (χ2n) is 5.03. The van der Waals surface area contributed by atoms with Crippen LogP contribution >= 0.6 is 0 Å². The lowest BCUT2D eigenvalue weighted by molar-refractivity contribution is 0.0466. The molecule has 2 heterocycles. The number of benzene rings is 2. The van der Waals surface area contributed by atoms with E-state index in [2.05, 4.69) is 4.98 Å². The molecule has 0 spiro atoms. The summed E-state index contributed by atoms with van der Waals surface area (Å²) >= 11 is 0. The van der Waals surface area contributed by atoms with Crippen LogP contribution in [0.25, 0.3) is 10.9 Å². The molecule has 1 N–H and O–H groups in total. The number of ether oxygens (including phenoxy) is 3. The number of aromatic nitrogens is 1. The number of para-hydroxylation sites is 1. The maximum absolute atomic E-state index is 12.1. The smallest absolute Gasteiger partial charge is 0.355 e. The normalized spacial score (nSPS) is 12.5. The van der Waals surface area contributed by atoms with Crippen molar-refractivity contribution in [1.29, 1.82) is 0 Å². The SMILES string of the molecule is O=C(OCc1ccc2c(c1)OCO2)c1cc2ccccc2[nH]1. The highest BCUT2D eigenvalue weighted by Crippen LogP contribution is 2.32. The molecule has 0 aliphatic carbocycles. The van der Waals surface area contributed by atoms with Crippen molar-refractivity contribution in [1.82, 2.24) is 4.98 Å². The predicted octanol–water partition coefficient (Wildman–Crippen LogP) is 3.25. The highest BCUT2D eigenvalue weighted by Gasteiger charge is 2.15. The molecular formula is C17H13NO4. The van der Waals surface area contributed by atoms with E-state index < -0.39 is 0 Å². The van der Waals surface area contributed by atoms with Crippen molar-refractivity contribution in [3.8, 4) is 11.5 Å². The van der Waals surface area contributed by atoms with Gasteiger partial charge in [-0.1, -0.05) is 24.3 Å². The van der Waals surface area contributed by atoms with E-state index in [9.17, 15) is 4.79 Å². The third kappa shape index (κ3) is 2.26. The number of fused-ring (bicyclic) bond motifs is 2. The van der Waals surface area contributed by atoms with Gasteiger partial charge in [0.25, 0.3) is 0 Å². The molecule has 3 aromatic rings. The van der Waals surface area contributed by atoms with Gasteiger partial charge in [0.2, 0.25) is 6.79 Å². The van der Waals surface area contributed by atoms with Gasteiger partial charge in [0.05, 0.1) is 0 Å². The maximum atomic E-state index is 12.1. The number of carbonyl (C=O) groups is 1. The number of hydrogen-bond acceptors (Lipinski definition) is 4. The average Bonchev–Trinajstić information content (AvgIpc) is 3.18. The van der Waals surface area contributed by atoms with Crippen LogP contribution < -0.4 is 9.47 Å².